The van der Waals surface area contributed by atoms with Gasteiger partial charge in [-0.2, -0.15) is 4.39 Å². The molecule has 94 valence electrons. The molecule has 0 fully saturated rings. The minimum Gasteiger partial charge on any atom is -0.493 e. The van der Waals surface area contributed by atoms with Crippen LogP contribution >= 0.6 is 0 Å². The molecule has 1 aromatic rings. The van der Waals surface area contributed by atoms with Gasteiger partial charge in [0.2, 0.25) is 11.6 Å². The molecule has 2 N–H and O–H groups in total. The van der Waals surface area contributed by atoms with Gasteiger partial charge in [0.25, 0.3) is 0 Å². The average molecular weight is 241 g/mol. The van der Waals surface area contributed by atoms with Crippen LogP contribution in [0.1, 0.15) is 5.56 Å². The number of nitrogens with two attached hydrogens (primary N) is 1. The molecule has 0 amide bonds. The van der Waals surface area contributed by atoms with E-state index in [1.165, 1.54) is 21.3 Å². The molecular weight excluding hydrogens is 225 g/mol. The highest BCUT2D eigenvalue weighted by molar-refractivity contribution is 5.64. The summed E-state index contributed by atoms with van der Waals surface area (Å²) in [7, 11) is 4.21. The molecule has 0 spiro atoms. The molecule has 1 aromatic carbocycles. The summed E-state index contributed by atoms with van der Waals surface area (Å²) in [5.74, 6) is -0.157. The molecule has 17 heavy (non-hydrogen) atoms. The smallest absolute Gasteiger partial charge is 0.211 e. The lowest BCUT2D eigenvalue weighted by Gasteiger charge is -2.13. The molecule has 1 rings (SSSR count). The molecule has 5 heteroatoms. The normalized spacial score (nSPS) is 10.6. The van der Waals surface area contributed by atoms with Crippen LogP contribution in [-0.4, -0.2) is 27.9 Å². The molecule has 0 aromatic heterocycles. The lowest BCUT2D eigenvalue weighted by atomic mass is 10.1. The minimum absolute atomic E-state index is 0.0225. The Morgan fingerprint density at radius 3 is 2.29 bits per heavy atom. The second-order valence-electron chi connectivity index (χ2n) is 3.19. The third kappa shape index (κ3) is 2.68. The number of hydrogen-bond acceptors (Lipinski definition) is 4. The highest BCUT2D eigenvalue weighted by Crippen LogP contribution is 2.39. The van der Waals surface area contributed by atoms with E-state index in [1.807, 2.05) is 0 Å². The van der Waals surface area contributed by atoms with Gasteiger partial charge in [-0.15, -0.1) is 0 Å². The van der Waals surface area contributed by atoms with E-state index in [0.717, 1.165) is 0 Å². The van der Waals surface area contributed by atoms with Gasteiger partial charge in [-0.25, -0.2) is 0 Å². The molecule has 0 bridgehead atoms. The van der Waals surface area contributed by atoms with Crippen molar-refractivity contribution in [3.05, 3.63) is 23.5 Å². The van der Waals surface area contributed by atoms with Crippen molar-refractivity contribution in [2.75, 3.05) is 27.9 Å². The van der Waals surface area contributed by atoms with Crippen molar-refractivity contribution in [3.63, 3.8) is 0 Å². The van der Waals surface area contributed by atoms with E-state index in [4.69, 9.17) is 19.9 Å². The largest absolute Gasteiger partial charge is 0.493 e. The fourth-order valence-corrected chi connectivity index (χ4v) is 1.48. The average Bonchev–Trinajstić information content (AvgIpc) is 2.35. The molecule has 0 radical (unpaired) electrons. The maximum absolute atomic E-state index is 14.0. The first-order chi connectivity index (χ1) is 8.19. The van der Waals surface area contributed by atoms with Crippen LogP contribution in [0.4, 0.5) is 4.39 Å². The summed E-state index contributed by atoms with van der Waals surface area (Å²) in [5, 5.41) is 0. The van der Waals surface area contributed by atoms with E-state index < -0.39 is 5.82 Å². The maximum atomic E-state index is 14.0. The van der Waals surface area contributed by atoms with Crippen LogP contribution in [0, 0.1) is 5.82 Å². The Kier molecular flexibility index (Phi) is 4.78. The van der Waals surface area contributed by atoms with E-state index >= 15 is 0 Å². The van der Waals surface area contributed by atoms with Crippen LogP contribution in [0.2, 0.25) is 0 Å². The van der Waals surface area contributed by atoms with Crippen molar-refractivity contribution in [2.24, 2.45) is 5.73 Å². The Labute approximate surface area is 99.8 Å². The van der Waals surface area contributed by atoms with E-state index in [2.05, 4.69) is 0 Å². The van der Waals surface area contributed by atoms with Gasteiger partial charge in [0.1, 0.15) is 0 Å². The van der Waals surface area contributed by atoms with Crippen molar-refractivity contribution < 1.29 is 18.6 Å². The van der Waals surface area contributed by atoms with Crippen LogP contribution in [0.15, 0.2) is 12.1 Å². The predicted molar refractivity (Wildman–Crippen MR) is 64.1 cm³/mol. The first-order valence-electron chi connectivity index (χ1n) is 5.04. The minimum atomic E-state index is -0.592. The fourth-order valence-electron chi connectivity index (χ4n) is 1.48. The SMILES string of the molecule is COc1cc(/C=C/CN)c(OC)c(F)c1OC. The maximum Gasteiger partial charge on any atom is 0.211 e. The van der Waals surface area contributed by atoms with Gasteiger partial charge in [0.15, 0.2) is 11.5 Å². The first kappa shape index (κ1) is 13.3. The number of methoxy groups -OCH3 is 3. The summed E-state index contributed by atoms with van der Waals surface area (Å²) in [6.45, 7) is 0.360. The Morgan fingerprint density at radius 2 is 1.82 bits per heavy atom. The summed E-state index contributed by atoms with van der Waals surface area (Å²) >= 11 is 0. The van der Waals surface area contributed by atoms with Gasteiger partial charge < -0.3 is 19.9 Å². The van der Waals surface area contributed by atoms with Gasteiger partial charge in [-0.1, -0.05) is 12.2 Å². The van der Waals surface area contributed by atoms with Crippen molar-refractivity contribution >= 4 is 6.08 Å². The second kappa shape index (κ2) is 6.10. The topological polar surface area (TPSA) is 53.7 Å². The molecular formula is C12H16FNO3. The Bertz CT molecular complexity index is 419. The van der Waals surface area contributed by atoms with Crippen molar-refractivity contribution in [1.82, 2.24) is 0 Å². The van der Waals surface area contributed by atoms with E-state index in [0.29, 0.717) is 17.9 Å². The number of hydrogen-bond donors (Lipinski definition) is 1. The first-order valence-corrected chi connectivity index (χ1v) is 5.04. The van der Waals surface area contributed by atoms with Crippen LogP contribution in [0.3, 0.4) is 0 Å². The molecule has 0 aliphatic rings. The molecule has 0 unspecified atom stereocenters. The standard InChI is InChI=1S/C12H16FNO3/c1-15-9-7-8(5-4-6-14)11(16-2)10(13)12(9)17-3/h4-5,7H,6,14H2,1-3H3/b5-4+. The quantitative estimate of drug-likeness (QED) is 0.854. The van der Waals surface area contributed by atoms with E-state index in [-0.39, 0.29) is 11.5 Å². The zero-order chi connectivity index (χ0) is 12.8. The molecule has 4 nitrogen and oxygen atoms in total. The summed E-state index contributed by atoms with van der Waals surface area (Å²) < 4.78 is 29.0. The van der Waals surface area contributed by atoms with Gasteiger partial charge >= 0.3 is 0 Å². The van der Waals surface area contributed by atoms with E-state index in [1.54, 1.807) is 18.2 Å². The lowest BCUT2D eigenvalue weighted by molar-refractivity contribution is 0.320. The number of benzene rings is 1. The van der Waals surface area contributed by atoms with Crippen molar-refractivity contribution in [2.45, 2.75) is 0 Å². The van der Waals surface area contributed by atoms with Gasteiger partial charge in [0, 0.05) is 12.1 Å². The monoisotopic (exact) mass is 241 g/mol. The Morgan fingerprint density at radius 1 is 1.18 bits per heavy atom. The van der Waals surface area contributed by atoms with Crippen LogP contribution in [-0.2, 0) is 0 Å². The number of ether oxygens (including phenoxy) is 3. The van der Waals surface area contributed by atoms with Gasteiger partial charge in [-0.3, -0.25) is 0 Å². The van der Waals surface area contributed by atoms with E-state index in [9.17, 15) is 4.39 Å². The fraction of sp³-hybridized carbons (Fsp3) is 0.333. The van der Waals surface area contributed by atoms with Crippen LogP contribution in [0.25, 0.3) is 6.08 Å². The van der Waals surface area contributed by atoms with Gasteiger partial charge in [0.05, 0.1) is 21.3 Å². The van der Waals surface area contributed by atoms with Gasteiger partial charge in [-0.05, 0) is 6.07 Å². The highest BCUT2D eigenvalue weighted by Gasteiger charge is 2.19. The summed E-state index contributed by atoms with van der Waals surface area (Å²) in [5.41, 5.74) is 5.90. The van der Waals surface area contributed by atoms with Crippen molar-refractivity contribution in [3.8, 4) is 17.2 Å². The molecule has 0 atom stereocenters. The summed E-state index contributed by atoms with van der Waals surface area (Å²) in [4.78, 5) is 0. The third-order valence-electron chi connectivity index (χ3n) is 2.23. The van der Waals surface area contributed by atoms with Crippen LogP contribution < -0.4 is 19.9 Å². The molecule has 0 heterocycles. The van der Waals surface area contributed by atoms with Crippen LogP contribution in [0.5, 0.6) is 17.2 Å². The third-order valence-corrected chi connectivity index (χ3v) is 2.23. The second-order valence-corrected chi connectivity index (χ2v) is 3.19. The van der Waals surface area contributed by atoms with Crippen molar-refractivity contribution in [1.29, 1.82) is 0 Å². The molecule has 0 aliphatic carbocycles. The zero-order valence-corrected chi connectivity index (χ0v) is 10.1. The predicted octanol–water partition coefficient (Wildman–Crippen LogP) is 1.82. The summed E-state index contributed by atoms with van der Waals surface area (Å²) in [6.07, 6.45) is 3.37. The highest BCUT2D eigenvalue weighted by atomic mass is 19.1. The number of halogens is 1. The molecule has 0 saturated heterocycles. The number of rotatable bonds is 5. The lowest BCUT2D eigenvalue weighted by Crippen LogP contribution is -2.00. The Hall–Kier alpha value is -1.75. The molecule has 0 aliphatic heterocycles. The summed E-state index contributed by atoms with van der Waals surface area (Å²) in [6, 6.07) is 1.63. The zero-order valence-electron chi connectivity index (χ0n) is 10.1. The molecule has 0 saturated carbocycles. The Balaban J connectivity index is 3.39.